The van der Waals surface area contributed by atoms with E-state index in [2.05, 4.69) is 6.07 Å². The van der Waals surface area contributed by atoms with Gasteiger partial charge in [0, 0.05) is 13.2 Å². The molecule has 1 aromatic rings. The molecule has 0 aliphatic rings. The SMILES string of the molecule is Cc1ccc(COC=N)c(CCCOCCCS(=O)(=O)O)c1. The highest BCUT2D eigenvalue weighted by molar-refractivity contribution is 7.85. The first-order chi connectivity index (χ1) is 10.4. The van der Waals surface area contributed by atoms with Crippen LogP contribution < -0.4 is 0 Å². The van der Waals surface area contributed by atoms with E-state index in [1.54, 1.807) is 0 Å². The van der Waals surface area contributed by atoms with Gasteiger partial charge in [0.2, 0.25) is 0 Å². The minimum absolute atomic E-state index is 0.268. The van der Waals surface area contributed by atoms with Crippen LogP contribution in [0.2, 0.25) is 0 Å². The molecule has 1 rings (SSSR count). The number of ether oxygens (including phenoxy) is 2. The third-order valence-corrected chi connectivity index (χ3v) is 3.91. The summed E-state index contributed by atoms with van der Waals surface area (Å²) in [5.41, 5.74) is 3.39. The Morgan fingerprint density at radius 2 is 1.95 bits per heavy atom. The number of aryl methyl sites for hydroxylation is 2. The molecule has 7 heteroatoms. The van der Waals surface area contributed by atoms with Gasteiger partial charge in [0.25, 0.3) is 10.1 Å². The second-order valence-corrected chi connectivity index (χ2v) is 6.63. The summed E-state index contributed by atoms with van der Waals surface area (Å²) in [6.45, 7) is 3.26. The Bertz CT molecular complexity index is 571. The Labute approximate surface area is 131 Å². The van der Waals surface area contributed by atoms with Crippen LogP contribution >= 0.6 is 0 Å². The molecule has 2 N–H and O–H groups in total. The van der Waals surface area contributed by atoms with Crippen molar-refractivity contribution >= 4 is 16.5 Å². The van der Waals surface area contributed by atoms with Crippen molar-refractivity contribution in [3.8, 4) is 0 Å². The van der Waals surface area contributed by atoms with Crippen LogP contribution in [0.25, 0.3) is 0 Å². The Morgan fingerprint density at radius 3 is 2.64 bits per heavy atom. The Hall–Kier alpha value is -1.44. The fraction of sp³-hybridized carbons (Fsp3) is 0.533. The minimum atomic E-state index is -3.89. The molecule has 124 valence electrons. The average molecular weight is 329 g/mol. The van der Waals surface area contributed by atoms with Gasteiger partial charge < -0.3 is 9.47 Å². The Balaban J connectivity index is 2.32. The van der Waals surface area contributed by atoms with Crippen molar-refractivity contribution in [3.63, 3.8) is 0 Å². The summed E-state index contributed by atoms with van der Waals surface area (Å²) >= 11 is 0. The molecule has 0 radical (unpaired) electrons. The average Bonchev–Trinajstić information content (AvgIpc) is 2.44. The highest BCUT2D eigenvalue weighted by Gasteiger charge is 2.05. The van der Waals surface area contributed by atoms with E-state index in [1.165, 1.54) is 11.1 Å². The van der Waals surface area contributed by atoms with E-state index in [0.29, 0.717) is 26.2 Å². The largest absolute Gasteiger partial charge is 0.479 e. The van der Waals surface area contributed by atoms with Crippen LogP contribution in [0.3, 0.4) is 0 Å². The monoisotopic (exact) mass is 329 g/mol. The van der Waals surface area contributed by atoms with E-state index in [4.69, 9.17) is 19.4 Å². The van der Waals surface area contributed by atoms with Crippen LogP contribution in [0.15, 0.2) is 18.2 Å². The third kappa shape index (κ3) is 8.11. The third-order valence-electron chi connectivity index (χ3n) is 3.11. The lowest BCUT2D eigenvalue weighted by atomic mass is 10.0. The number of hydrogen-bond acceptors (Lipinski definition) is 5. The molecule has 6 nitrogen and oxygen atoms in total. The van der Waals surface area contributed by atoms with Gasteiger partial charge in [-0.1, -0.05) is 23.8 Å². The molecule has 22 heavy (non-hydrogen) atoms. The van der Waals surface area contributed by atoms with E-state index < -0.39 is 10.1 Å². The predicted molar refractivity (Wildman–Crippen MR) is 84.9 cm³/mol. The van der Waals surface area contributed by atoms with Crippen molar-refractivity contribution in [2.75, 3.05) is 19.0 Å². The summed E-state index contributed by atoms with van der Waals surface area (Å²) in [5, 5.41) is 6.91. The molecule has 0 fully saturated rings. The van der Waals surface area contributed by atoms with Gasteiger partial charge in [-0.2, -0.15) is 8.42 Å². The van der Waals surface area contributed by atoms with E-state index in [0.717, 1.165) is 24.8 Å². The standard InChI is InChI=1S/C15H23NO5S/c1-13-5-6-15(11-21-12-16)14(10-13)4-2-7-20-8-3-9-22(17,18)19/h5-6,10,12,16H,2-4,7-9,11H2,1H3,(H,17,18,19). The van der Waals surface area contributed by atoms with Gasteiger partial charge in [-0.25, -0.2) is 0 Å². The number of benzene rings is 1. The van der Waals surface area contributed by atoms with Crippen molar-refractivity contribution in [2.24, 2.45) is 0 Å². The summed E-state index contributed by atoms with van der Waals surface area (Å²) in [4.78, 5) is 0. The first-order valence-corrected chi connectivity index (χ1v) is 8.75. The first-order valence-electron chi connectivity index (χ1n) is 7.14. The maximum absolute atomic E-state index is 10.5. The molecule has 0 aromatic heterocycles. The van der Waals surface area contributed by atoms with Crippen LogP contribution in [0.4, 0.5) is 0 Å². The van der Waals surface area contributed by atoms with Crippen LogP contribution in [-0.2, 0) is 32.6 Å². The fourth-order valence-corrected chi connectivity index (χ4v) is 2.55. The summed E-state index contributed by atoms with van der Waals surface area (Å²) in [6.07, 6.45) is 2.87. The maximum atomic E-state index is 10.5. The van der Waals surface area contributed by atoms with Gasteiger partial charge in [0.1, 0.15) is 6.61 Å². The Morgan fingerprint density at radius 1 is 1.23 bits per heavy atom. The summed E-state index contributed by atoms with van der Waals surface area (Å²) < 4.78 is 40.0. The van der Waals surface area contributed by atoms with Gasteiger partial charge in [0.05, 0.1) is 5.75 Å². The molecule has 1 aromatic carbocycles. The normalized spacial score (nSPS) is 11.4. The number of nitrogens with one attached hydrogen (secondary N) is 1. The molecule has 0 saturated carbocycles. The molecule has 0 bridgehead atoms. The molecule has 0 amide bonds. The minimum Gasteiger partial charge on any atom is -0.479 e. The summed E-state index contributed by atoms with van der Waals surface area (Å²) in [5.74, 6) is -0.268. The molecule has 0 atom stereocenters. The highest BCUT2D eigenvalue weighted by atomic mass is 32.2. The molecular formula is C15H23NO5S. The van der Waals surface area contributed by atoms with E-state index in [9.17, 15) is 8.42 Å². The summed E-state index contributed by atoms with van der Waals surface area (Å²) in [7, 11) is -3.89. The Kier molecular flexibility index (Phi) is 8.08. The van der Waals surface area contributed by atoms with Crippen LogP contribution in [0.5, 0.6) is 0 Å². The zero-order chi connectivity index (χ0) is 16.4. The van der Waals surface area contributed by atoms with Gasteiger partial charge in [-0.3, -0.25) is 9.96 Å². The van der Waals surface area contributed by atoms with Gasteiger partial charge >= 0.3 is 0 Å². The van der Waals surface area contributed by atoms with E-state index >= 15 is 0 Å². The predicted octanol–water partition coefficient (Wildman–Crippen LogP) is 2.35. The van der Waals surface area contributed by atoms with E-state index in [1.807, 2.05) is 19.1 Å². The molecule has 0 unspecified atom stereocenters. The topological polar surface area (TPSA) is 96.7 Å². The van der Waals surface area contributed by atoms with Crippen LogP contribution in [0.1, 0.15) is 29.5 Å². The van der Waals surface area contributed by atoms with Gasteiger partial charge in [0.15, 0.2) is 6.40 Å². The molecule has 0 aliphatic carbocycles. The summed E-state index contributed by atoms with van der Waals surface area (Å²) in [6, 6.07) is 6.11. The van der Waals surface area contributed by atoms with Crippen molar-refractivity contribution in [1.29, 1.82) is 5.41 Å². The second kappa shape index (κ2) is 9.55. The number of hydrogen-bond donors (Lipinski definition) is 2. The van der Waals surface area contributed by atoms with Gasteiger partial charge in [-0.05, 0) is 37.3 Å². The van der Waals surface area contributed by atoms with Gasteiger partial charge in [-0.15, -0.1) is 0 Å². The lowest BCUT2D eigenvalue weighted by Gasteiger charge is -2.10. The molecular weight excluding hydrogens is 306 g/mol. The van der Waals surface area contributed by atoms with Crippen LogP contribution in [-0.4, -0.2) is 38.3 Å². The fourth-order valence-electron chi connectivity index (χ4n) is 2.07. The molecule has 0 spiro atoms. The van der Waals surface area contributed by atoms with E-state index in [-0.39, 0.29) is 5.75 Å². The quantitative estimate of drug-likeness (QED) is 0.281. The van der Waals surface area contributed by atoms with Crippen molar-refractivity contribution < 1.29 is 22.4 Å². The van der Waals surface area contributed by atoms with Crippen LogP contribution in [0, 0.1) is 12.3 Å². The van der Waals surface area contributed by atoms with Crippen molar-refractivity contribution in [1.82, 2.24) is 0 Å². The lowest BCUT2D eigenvalue weighted by Crippen LogP contribution is -2.08. The molecule has 0 aliphatic heterocycles. The van der Waals surface area contributed by atoms with Crippen molar-refractivity contribution in [3.05, 3.63) is 34.9 Å². The first kappa shape index (κ1) is 18.6. The molecule has 0 saturated heterocycles. The maximum Gasteiger partial charge on any atom is 0.264 e. The zero-order valence-corrected chi connectivity index (χ0v) is 13.6. The van der Waals surface area contributed by atoms with Crippen molar-refractivity contribution in [2.45, 2.75) is 32.8 Å². The number of rotatable bonds is 11. The second-order valence-electron chi connectivity index (χ2n) is 5.06. The lowest BCUT2D eigenvalue weighted by molar-refractivity contribution is 0.132. The smallest absolute Gasteiger partial charge is 0.264 e. The zero-order valence-electron chi connectivity index (χ0n) is 12.7. The highest BCUT2D eigenvalue weighted by Crippen LogP contribution is 2.15. The molecule has 0 heterocycles.